The van der Waals surface area contributed by atoms with Crippen molar-refractivity contribution in [2.45, 2.75) is 46.6 Å². The van der Waals surface area contributed by atoms with Crippen LogP contribution in [0.25, 0.3) is 10.1 Å². The summed E-state index contributed by atoms with van der Waals surface area (Å²) in [6.07, 6.45) is 0. The highest BCUT2D eigenvalue weighted by atomic mass is 32.1. The summed E-state index contributed by atoms with van der Waals surface area (Å²) in [6, 6.07) is 6.41. The lowest BCUT2D eigenvalue weighted by Crippen LogP contribution is -2.21. The van der Waals surface area contributed by atoms with Crippen LogP contribution in [-0.4, -0.2) is 13.7 Å². The largest absolute Gasteiger partial charge is 0.497 e. The fourth-order valence-electron chi connectivity index (χ4n) is 2.68. The number of ether oxygens (including phenoxy) is 1. The van der Waals surface area contributed by atoms with Crippen LogP contribution in [0.2, 0.25) is 0 Å². The van der Waals surface area contributed by atoms with Gasteiger partial charge >= 0.3 is 0 Å². The summed E-state index contributed by atoms with van der Waals surface area (Å²) in [5, 5.41) is 4.92. The molecule has 0 spiro atoms. The molecule has 1 N–H and O–H groups in total. The lowest BCUT2D eigenvalue weighted by atomic mass is 9.85. The van der Waals surface area contributed by atoms with Gasteiger partial charge in [0.2, 0.25) is 0 Å². The Balaban J connectivity index is 2.44. The molecule has 0 unspecified atom stereocenters. The van der Waals surface area contributed by atoms with Crippen molar-refractivity contribution >= 4 is 21.4 Å². The third-order valence-corrected chi connectivity index (χ3v) is 4.73. The smallest absolute Gasteiger partial charge is 0.119 e. The van der Waals surface area contributed by atoms with Gasteiger partial charge in [0.1, 0.15) is 5.75 Å². The van der Waals surface area contributed by atoms with E-state index in [2.05, 4.69) is 58.1 Å². The molecule has 2 nitrogen and oxygen atoms in total. The number of benzene rings is 1. The van der Waals surface area contributed by atoms with Gasteiger partial charge in [0.15, 0.2) is 0 Å². The van der Waals surface area contributed by atoms with Gasteiger partial charge in [-0.2, -0.15) is 0 Å². The van der Waals surface area contributed by atoms with Crippen molar-refractivity contribution in [2.75, 3.05) is 13.7 Å². The molecule has 0 aliphatic carbocycles. The van der Waals surface area contributed by atoms with E-state index in [1.54, 1.807) is 7.11 Å². The minimum Gasteiger partial charge on any atom is -0.497 e. The van der Waals surface area contributed by atoms with Crippen LogP contribution >= 0.6 is 11.3 Å². The zero-order valence-corrected chi connectivity index (χ0v) is 14.9. The first-order chi connectivity index (χ1) is 9.82. The topological polar surface area (TPSA) is 21.3 Å². The Morgan fingerprint density at radius 3 is 2.52 bits per heavy atom. The number of nitrogens with one attached hydrogen (secondary N) is 1. The Kier molecular flexibility index (Phi) is 4.95. The summed E-state index contributed by atoms with van der Waals surface area (Å²) >= 11 is 1.90. The van der Waals surface area contributed by atoms with Crippen LogP contribution in [0.4, 0.5) is 0 Å². The number of hydrogen-bond donors (Lipinski definition) is 1. The Morgan fingerprint density at radius 2 is 1.95 bits per heavy atom. The first kappa shape index (κ1) is 16.3. The van der Waals surface area contributed by atoms with Crippen molar-refractivity contribution in [1.29, 1.82) is 0 Å². The van der Waals surface area contributed by atoms with E-state index >= 15 is 0 Å². The highest BCUT2D eigenvalue weighted by Crippen LogP contribution is 2.40. The summed E-state index contributed by atoms with van der Waals surface area (Å²) in [5.41, 5.74) is 1.59. The van der Waals surface area contributed by atoms with Gasteiger partial charge in [0, 0.05) is 21.5 Å². The molecule has 116 valence electrons. The van der Waals surface area contributed by atoms with Crippen LogP contribution in [0.15, 0.2) is 18.2 Å². The second-order valence-electron chi connectivity index (χ2n) is 7.04. The summed E-state index contributed by atoms with van der Waals surface area (Å²) in [6.45, 7) is 13.4. The van der Waals surface area contributed by atoms with E-state index in [9.17, 15) is 0 Å². The SMILES string of the molecule is COc1ccc2sc(CNCC(C)C)c(C(C)(C)C)c2c1. The molecule has 0 saturated heterocycles. The number of thiophene rings is 1. The molecule has 0 saturated carbocycles. The standard InChI is InChI=1S/C18H27NOS/c1-12(2)10-19-11-16-17(18(3,4)5)14-9-13(20-6)7-8-15(14)21-16/h7-9,12,19H,10-11H2,1-6H3. The Morgan fingerprint density at radius 1 is 1.24 bits per heavy atom. The van der Waals surface area contributed by atoms with Crippen LogP contribution in [-0.2, 0) is 12.0 Å². The first-order valence-corrected chi connectivity index (χ1v) is 8.45. The minimum atomic E-state index is 0.138. The number of fused-ring (bicyclic) bond motifs is 1. The third-order valence-electron chi connectivity index (χ3n) is 3.56. The Hall–Kier alpha value is -1.06. The second-order valence-corrected chi connectivity index (χ2v) is 8.17. The molecule has 0 fully saturated rings. The average Bonchev–Trinajstić information content (AvgIpc) is 2.74. The monoisotopic (exact) mass is 305 g/mol. The number of hydrogen-bond acceptors (Lipinski definition) is 3. The lowest BCUT2D eigenvalue weighted by Gasteiger charge is -2.21. The van der Waals surface area contributed by atoms with Gasteiger partial charge in [-0.15, -0.1) is 11.3 Å². The van der Waals surface area contributed by atoms with Crippen molar-refractivity contribution in [3.05, 3.63) is 28.6 Å². The third kappa shape index (κ3) is 3.78. The van der Waals surface area contributed by atoms with E-state index in [1.165, 1.54) is 20.5 Å². The molecular weight excluding hydrogens is 278 g/mol. The summed E-state index contributed by atoms with van der Waals surface area (Å²) in [7, 11) is 1.73. The molecule has 0 aliphatic heterocycles. The van der Waals surface area contributed by atoms with Gasteiger partial charge in [-0.05, 0) is 41.6 Å². The second kappa shape index (κ2) is 6.37. The average molecular weight is 305 g/mol. The maximum Gasteiger partial charge on any atom is 0.119 e. The highest BCUT2D eigenvalue weighted by Gasteiger charge is 2.23. The van der Waals surface area contributed by atoms with Gasteiger partial charge in [0.25, 0.3) is 0 Å². The van der Waals surface area contributed by atoms with Gasteiger partial charge in [0.05, 0.1) is 7.11 Å². The summed E-state index contributed by atoms with van der Waals surface area (Å²) < 4.78 is 6.75. The van der Waals surface area contributed by atoms with E-state index in [1.807, 2.05) is 11.3 Å². The lowest BCUT2D eigenvalue weighted by molar-refractivity contribution is 0.415. The van der Waals surface area contributed by atoms with Gasteiger partial charge in [-0.25, -0.2) is 0 Å². The fourth-order valence-corrected chi connectivity index (χ4v) is 4.04. The molecule has 0 aliphatic rings. The normalized spacial score (nSPS) is 12.3. The van der Waals surface area contributed by atoms with E-state index in [4.69, 9.17) is 4.74 Å². The first-order valence-electron chi connectivity index (χ1n) is 7.63. The van der Waals surface area contributed by atoms with Crippen LogP contribution in [0, 0.1) is 5.92 Å². The zero-order valence-electron chi connectivity index (χ0n) is 14.0. The van der Waals surface area contributed by atoms with Gasteiger partial charge < -0.3 is 10.1 Å². The Bertz CT molecular complexity index is 607. The van der Waals surface area contributed by atoms with Crippen LogP contribution in [0.5, 0.6) is 5.75 Å². The molecule has 2 rings (SSSR count). The Labute approximate surface area is 132 Å². The zero-order chi connectivity index (χ0) is 15.6. The van der Waals surface area contributed by atoms with Crippen molar-refractivity contribution in [3.63, 3.8) is 0 Å². The molecule has 1 aromatic carbocycles. The molecule has 3 heteroatoms. The van der Waals surface area contributed by atoms with Crippen molar-refractivity contribution in [3.8, 4) is 5.75 Å². The van der Waals surface area contributed by atoms with Crippen molar-refractivity contribution in [1.82, 2.24) is 5.32 Å². The van der Waals surface area contributed by atoms with Crippen LogP contribution in [0.1, 0.15) is 45.1 Å². The van der Waals surface area contributed by atoms with Gasteiger partial charge in [-0.1, -0.05) is 34.6 Å². The number of rotatable bonds is 5. The molecule has 1 heterocycles. The van der Waals surface area contributed by atoms with Gasteiger partial charge in [-0.3, -0.25) is 0 Å². The molecule has 2 aromatic rings. The molecule has 0 amide bonds. The molecule has 0 bridgehead atoms. The molecule has 0 radical (unpaired) electrons. The minimum absolute atomic E-state index is 0.138. The quantitative estimate of drug-likeness (QED) is 0.843. The number of methoxy groups -OCH3 is 1. The van der Waals surface area contributed by atoms with E-state index in [0.717, 1.165) is 18.8 Å². The van der Waals surface area contributed by atoms with Crippen molar-refractivity contribution < 1.29 is 4.74 Å². The predicted octanol–water partition coefficient (Wildman–Crippen LogP) is 4.95. The fraction of sp³-hybridized carbons (Fsp3) is 0.556. The summed E-state index contributed by atoms with van der Waals surface area (Å²) in [4.78, 5) is 1.45. The molecule has 21 heavy (non-hydrogen) atoms. The van der Waals surface area contributed by atoms with Crippen LogP contribution < -0.4 is 10.1 Å². The van der Waals surface area contributed by atoms with E-state index in [-0.39, 0.29) is 5.41 Å². The van der Waals surface area contributed by atoms with Crippen molar-refractivity contribution in [2.24, 2.45) is 5.92 Å². The van der Waals surface area contributed by atoms with E-state index in [0.29, 0.717) is 5.92 Å². The molecule has 1 aromatic heterocycles. The predicted molar refractivity (Wildman–Crippen MR) is 93.6 cm³/mol. The maximum absolute atomic E-state index is 5.40. The van der Waals surface area contributed by atoms with Crippen LogP contribution in [0.3, 0.4) is 0 Å². The highest BCUT2D eigenvalue weighted by molar-refractivity contribution is 7.19. The van der Waals surface area contributed by atoms with E-state index < -0.39 is 0 Å². The molecule has 0 atom stereocenters. The summed E-state index contributed by atoms with van der Waals surface area (Å²) in [5.74, 6) is 1.62. The molecular formula is C18H27NOS. The maximum atomic E-state index is 5.40.